The summed E-state index contributed by atoms with van der Waals surface area (Å²) in [6.45, 7) is 1.65. The van der Waals surface area contributed by atoms with Gasteiger partial charge in [0.15, 0.2) is 11.6 Å². The van der Waals surface area contributed by atoms with Crippen LogP contribution in [0.2, 0.25) is 0 Å². The van der Waals surface area contributed by atoms with E-state index in [0.717, 1.165) is 25.5 Å². The van der Waals surface area contributed by atoms with E-state index < -0.39 is 11.6 Å². The smallest absolute Gasteiger partial charge is 0.200 e. The van der Waals surface area contributed by atoms with E-state index in [2.05, 4.69) is 5.32 Å². The fourth-order valence-corrected chi connectivity index (χ4v) is 1.68. The molecule has 2 rings (SSSR count). The van der Waals surface area contributed by atoms with Gasteiger partial charge in [0.1, 0.15) is 6.10 Å². The Kier molecular flexibility index (Phi) is 3.16. The van der Waals surface area contributed by atoms with E-state index in [9.17, 15) is 8.78 Å². The summed E-state index contributed by atoms with van der Waals surface area (Å²) in [5.41, 5.74) is 0. The summed E-state index contributed by atoms with van der Waals surface area (Å²) in [7, 11) is 0. The molecule has 0 saturated carbocycles. The topological polar surface area (TPSA) is 21.3 Å². The van der Waals surface area contributed by atoms with E-state index in [1.165, 1.54) is 12.1 Å². The standard InChI is InChI=1S/C11H13F2NO/c12-9-4-1-5-10(11(9)13)15-8-3-2-6-14-7-8/h1,4-5,8,14H,2-3,6-7H2. The number of benzene rings is 1. The predicted octanol–water partition coefficient (Wildman–Crippen LogP) is 2.10. The first-order valence-corrected chi connectivity index (χ1v) is 5.09. The molecule has 1 saturated heterocycles. The first kappa shape index (κ1) is 10.4. The molecular weight excluding hydrogens is 200 g/mol. The quantitative estimate of drug-likeness (QED) is 0.812. The number of rotatable bonds is 2. The summed E-state index contributed by atoms with van der Waals surface area (Å²) in [6, 6.07) is 3.98. The van der Waals surface area contributed by atoms with E-state index in [-0.39, 0.29) is 11.9 Å². The lowest BCUT2D eigenvalue weighted by atomic mass is 10.1. The molecule has 1 aliphatic heterocycles. The van der Waals surface area contributed by atoms with Crippen molar-refractivity contribution in [1.82, 2.24) is 5.32 Å². The lowest BCUT2D eigenvalue weighted by molar-refractivity contribution is 0.159. The van der Waals surface area contributed by atoms with Crippen LogP contribution < -0.4 is 10.1 Å². The Morgan fingerprint density at radius 3 is 2.93 bits per heavy atom. The van der Waals surface area contributed by atoms with E-state index in [1.54, 1.807) is 0 Å². The van der Waals surface area contributed by atoms with Crippen LogP contribution >= 0.6 is 0 Å². The molecule has 1 aliphatic rings. The van der Waals surface area contributed by atoms with Crippen LogP contribution in [0.25, 0.3) is 0 Å². The van der Waals surface area contributed by atoms with Crippen LogP contribution in [0.1, 0.15) is 12.8 Å². The lowest BCUT2D eigenvalue weighted by Gasteiger charge is -2.24. The number of hydrogen-bond acceptors (Lipinski definition) is 2. The van der Waals surface area contributed by atoms with Crippen LogP contribution in [-0.4, -0.2) is 19.2 Å². The van der Waals surface area contributed by atoms with Gasteiger partial charge in [-0.3, -0.25) is 0 Å². The van der Waals surface area contributed by atoms with Crippen LogP contribution in [0.15, 0.2) is 18.2 Å². The Bertz CT molecular complexity index is 337. The molecule has 15 heavy (non-hydrogen) atoms. The molecule has 0 aromatic heterocycles. The van der Waals surface area contributed by atoms with Gasteiger partial charge in [-0.05, 0) is 31.5 Å². The van der Waals surface area contributed by atoms with E-state index in [0.29, 0.717) is 6.54 Å². The highest BCUT2D eigenvalue weighted by atomic mass is 19.2. The lowest BCUT2D eigenvalue weighted by Crippen LogP contribution is -2.37. The van der Waals surface area contributed by atoms with Crippen molar-refractivity contribution in [2.45, 2.75) is 18.9 Å². The molecule has 1 N–H and O–H groups in total. The van der Waals surface area contributed by atoms with Crippen molar-refractivity contribution in [3.8, 4) is 5.75 Å². The van der Waals surface area contributed by atoms with E-state index in [4.69, 9.17) is 4.74 Å². The third-order valence-electron chi connectivity index (χ3n) is 2.46. The van der Waals surface area contributed by atoms with Gasteiger partial charge in [0.2, 0.25) is 5.82 Å². The van der Waals surface area contributed by atoms with Crippen LogP contribution in [-0.2, 0) is 0 Å². The van der Waals surface area contributed by atoms with Crippen LogP contribution in [0, 0.1) is 11.6 Å². The van der Waals surface area contributed by atoms with Crippen LogP contribution in [0.5, 0.6) is 5.75 Å². The minimum atomic E-state index is -0.900. The molecule has 1 aromatic carbocycles. The SMILES string of the molecule is Fc1cccc(OC2CCCNC2)c1F. The van der Waals surface area contributed by atoms with Gasteiger partial charge >= 0.3 is 0 Å². The maximum Gasteiger partial charge on any atom is 0.200 e. The molecule has 0 spiro atoms. The molecule has 0 radical (unpaired) electrons. The number of nitrogens with one attached hydrogen (secondary N) is 1. The molecule has 0 amide bonds. The Hall–Kier alpha value is -1.16. The summed E-state index contributed by atoms with van der Waals surface area (Å²) in [5.74, 6) is -1.76. The zero-order chi connectivity index (χ0) is 10.7. The maximum atomic E-state index is 13.2. The second-order valence-electron chi connectivity index (χ2n) is 3.64. The highest BCUT2D eigenvalue weighted by molar-refractivity contribution is 5.25. The molecule has 1 unspecified atom stereocenters. The molecule has 1 heterocycles. The molecular formula is C11H13F2NO. The molecule has 4 heteroatoms. The first-order valence-electron chi connectivity index (χ1n) is 5.09. The van der Waals surface area contributed by atoms with Crippen molar-refractivity contribution in [3.05, 3.63) is 29.8 Å². The van der Waals surface area contributed by atoms with Gasteiger partial charge < -0.3 is 10.1 Å². The third-order valence-corrected chi connectivity index (χ3v) is 2.46. The number of halogens is 2. The highest BCUT2D eigenvalue weighted by Gasteiger charge is 2.17. The Balaban J connectivity index is 2.06. The predicted molar refractivity (Wildman–Crippen MR) is 52.9 cm³/mol. The number of piperidine rings is 1. The third kappa shape index (κ3) is 2.45. The van der Waals surface area contributed by atoms with Gasteiger partial charge in [-0.15, -0.1) is 0 Å². The molecule has 0 aliphatic carbocycles. The summed E-state index contributed by atoms with van der Waals surface area (Å²) < 4.78 is 31.5. The van der Waals surface area contributed by atoms with Crippen molar-refractivity contribution in [2.75, 3.05) is 13.1 Å². The second kappa shape index (κ2) is 4.57. The van der Waals surface area contributed by atoms with Gasteiger partial charge in [-0.25, -0.2) is 4.39 Å². The molecule has 1 atom stereocenters. The fraction of sp³-hybridized carbons (Fsp3) is 0.455. The van der Waals surface area contributed by atoms with Crippen molar-refractivity contribution >= 4 is 0 Å². The van der Waals surface area contributed by atoms with Gasteiger partial charge in [0.25, 0.3) is 0 Å². The summed E-state index contributed by atoms with van der Waals surface area (Å²) >= 11 is 0. The van der Waals surface area contributed by atoms with E-state index in [1.807, 2.05) is 0 Å². The number of ether oxygens (including phenoxy) is 1. The fourth-order valence-electron chi connectivity index (χ4n) is 1.68. The minimum Gasteiger partial charge on any atom is -0.486 e. The minimum absolute atomic E-state index is 0.00343. The summed E-state index contributed by atoms with van der Waals surface area (Å²) in [5, 5.41) is 3.15. The van der Waals surface area contributed by atoms with Crippen LogP contribution in [0.3, 0.4) is 0 Å². The highest BCUT2D eigenvalue weighted by Crippen LogP contribution is 2.21. The van der Waals surface area contributed by atoms with Crippen molar-refractivity contribution in [3.63, 3.8) is 0 Å². The Labute approximate surface area is 87.2 Å². The van der Waals surface area contributed by atoms with Gasteiger partial charge in [0.05, 0.1) is 0 Å². The zero-order valence-corrected chi connectivity index (χ0v) is 8.30. The Morgan fingerprint density at radius 2 is 2.20 bits per heavy atom. The second-order valence-corrected chi connectivity index (χ2v) is 3.64. The van der Waals surface area contributed by atoms with E-state index >= 15 is 0 Å². The van der Waals surface area contributed by atoms with Gasteiger partial charge in [0, 0.05) is 6.54 Å². The molecule has 82 valence electrons. The van der Waals surface area contributed by atoms with Crippen LogP contribution in [0.4, 0.5) is 8.78 Å². The molecule has 1 aromatic rings. The summed E-state index contributed by atoms with van der Waals surface area (Å²) in [4.78, 5) is 0. The normalized spacial score (nSPS) is 21.3. The molecule has 2 nitrogen and oxygen atoms in total. The largest absolute Gasteiger partial charge is 0.486 e. The summed E-state index contributed by atoms with van der Waals surface area (Å²) in [6.07, 6.45) is 1.82. The van der Waals surface area contributed by atoms with Gasteiger partial charge in [-0.2, -0.15) is 4.39 Å². The monoisotopic (exact) mass is 213 g/mol. The van der Waals surface area contributed by atoms with Crippen molar-refractivity contribution in [1.29, 1.82) is 0 Å². The first-order chi connectivity index (χ1) is 7.27. The Morgan fingerprint density at radius 1 is 1.33 bits per heavy atom. The maximum absolute atomic E-state index is 13.2. The average molecular weight is 213 g/mol. The molecule has 1 fully saturated rings. The van der Waals surface area contributed by atoms with Gasteiger partial charge in [-0.1, -0.05) is 6.07 Å². The van der Waals surface area contributed by atoms with Crippen molar-refractivity contribution in [2.24, 2.45) is 0 Å². The molecule has 0 bridgehead atoms. The zero-order valence-electron chi connectivity index (χ0n) is 8.30. The van der Waals surface area contributed by atoms with Crippen molar-refractivity contribution < 1.29 is 13.5 Å². The average Bonchev–Trinajstić information content (AvgIpc) is 2.26. The number of hydrogen-bond donors (Lipinski definition) is 1.